The molecule has 1 amide bonds. The van der Waals surface area contributed by atoms with Gasteiger partial charge in [0.05, 0.1) is 18.7 Å². The van der Waals surface area contributed by atoms with Crippen LogP contribution in [0.15, 0.2) is 30.3 Å². The van der Waals surface area contributed by atoms with E-state index in [2.05, 4.69) is 9.88 Å². The van der Waals surface area contributed by atoms with Crippen LogP contribution in [-0.2, 0) is 24.2 Å². The number of aromatic nitrogens is 2. The van der Waals surface area contributed by atoms with Gasteiger partial charge in [-0.15, -0.1) is 0 Å². The molecule has 2 aliphatic rings. The summed E-state index contributed by atoms with van der Waals surface area (Å²) in [6.07, 6.45) is 5.01. The molecule has 2 aliphatic heterocycles. The molecule has 4 rings (SSSR count). The molecule has 0 N–H and O–H groups in total. The van der Waals surface area contributed by atoms with Crippen molar-refractivity contribution in [2.75, 3.05) is 24.5 Å². The van der Waals surface area contributed by atoms with Crippen LogP contribution in [0, 0.1) is 6.92 Å². The summed E-state index contributed by atoms with van der Waals surface area (Å²) >= 11 is 0. The smallest absolute Gasteiger partial charge is 0.227 e. The van der Waals surface area contributed by atoms with Crippen molar-refractivity contribution in [2.24, 2.45) is 0 Å². The van der Waals surface area contributed by atoms with E-state index in [1.807, 2.05) is 42.2 Å². The van der Waals surface area contributed by atoms with Crippen LogP contribution in [0.1, 0.15) is 41.9 Å². The first kappa shape index (κ1) is 17.0. The molecule has 0 bridgehead atoms. The Kier molecular flexibility index (Phi) is 4.87. The first-order valence-electron chi connectivity index (χ1n) is 9.64. The van der Waals surface area contributed by atoms with Crippen LogP contribution in [0.5, 0.6) is 0 Å². The number of fused-ring (bicyclic) bond motifs is 1. The van der Waals surface area contributed by atoms with Gasteiger partial charge in [0.15, 0.2) is 0 Å². The lowest BCUT2D eigenvalue weighted by Gasteiger charge is -2.34. The molecule has 2 aromatic rings. The summed E-state index contributed by atoms with van der Waals surface area (Å²) < 4.78 is 0. The molecule has 1 aromatic heterocycles. The molecule has 1 saturated heterocycles. The fraction of sp³-hybridized carbons (Fsp3) is 0.476. The third kappa shape index (κ3) is 3.57. The Morgan fingerprint density at radius 3 is 2.58 bits per heavy atom. The van der Waals surface area contributed by atoms with Crippen molar-refractivity contribution in [3.05, 3.63) is 53.0 Å². The number of carbonyl (C=O) groups is 1. The minimum atomic E-state index is 0.187. The molecule has 0 aliphatic carbocycles. The van der Waals surface area contributed by atoms with Crippen LogP contribution in [0.2, 0.25) is 0 Å². The lowest BCUT2D eigenvalue weighted by Crippen LogP contribution is -2.39. The first-order valence-corrected chi connectivity index (χ1v) is 9.64. The fourth-order valence-corrected chi connectivity index (χ4v) is 3.98. The van der Waals surface area contributed by atoms with Gasteiger partial charge in [0.2, 0.25) is 5.91 Å². The van der Waals surface area contributed by atoms with E-state index in [4.69, 9.17) is 4.98 Å². The highest BCUT2D eigenvalue weighted by Gasteiger charge is 2.27. The minimum absolute atomic E-state index is 0.187. The van der Waals surface area contributed by atoms with Gasteiger partial charge in [-0.3, -0.25) is 4.79 Å². The Hall–Kier alpha value is -2.43. The van der Waals surface area contributed by atoms with E-state index in [-0.39, 0.29) is 5.91 Å². The average Bonchev–Trinajstić information content (AvgIpc) is 2.68. The molecular weight excluding hydrogens is 324 g/mol. The Morgan fingerprint density at radius 2 is 1.81 bits per heavy atom. The number of anilines is 1. The number of piperidine rings is 1. The van der Waals surface area contributed by atoms with Crippen molar-refractivity contribution >= 4 is 11.7 Å². The second kappa shape index (κ2) is 7.44. The number of amides is 1. The molecule has 3 heterocycles. The maximum absolute atomic E-state index is 12.8. The molecule has 0 spiro atoms. The molecule has 5 heteroatoms. The summed E-state index contributed by atoms with van der Waals surface area (Å²) in [7, 11) is 0. The molecule has 0 radical (unpaired) electrons. The molecule has 26 heavy (non-hydrogen) atoms. The van der Waals surface area contributed by atoms with Crippen molar-refractivity contribution in [1.29, 1.82) is 0 Å². The van der Waals surface area contributed by atoms with Gasteiger partial charge in [0, 0.05) is 31.6 Å². The zero-order valence-electron chi connectivity index (χ0n) is 15.4. The number of nitrogens with zero attached hydrogens (tertiary/aromatic N) is 4. The summed E-state index contributed by atoms with van der Waals surface area (Å²) in [6.45, 7) is 5.46. The minimum Gasteiger partial charge on any atom is -0.356 e. The van der Waals surface area contributed by atoms with Gasteiger partial charge in [-0.25, -0.2) is 9.97 Å². The predicted octanol–water partition coefficient (Wildman–Crippen LogP) is 2.90. The van der Waals surface area contributed by atoms with E-state index >= 15 is 0 Å². The highest BCUT2D eigenvalue weighted by atomic mass is 16.2. The van der Waals surface area contributed by atoms with Crippen LogP contribution >= 0.6 is 0 Å². The average molecular weight is 350 g/mol. The Bertz CT molecular complexity index is 784. The Balaban J connectivity index is 1.56. The second-order valence-electron chi connectivity index (χ2n) is 7.30. The summed E-state index contributed by atoms with van der Waals surface area (Å²) in [4.78, 5) is 26.6. The van der Waals surface area contributed by atoms with Crippen molar-refractivity contribution in [2.45, 2.75) is 45.6 Å². The van der Waals surface area contributed by atoms with Crippen LogP contribution in [-0.4, -0.2) is 40.4 Å². The largest absolute Gasteiger partial charge is 0.356 e. The molecule has 0 unspecified atom stereocenters. The van der Waals surface area contributed by atoms with Gasteiger partial charge >= 0.3 is 0 Å². The molecule has 1 fully saturated rings. The normalized spacial score (nSPS) is 17.1. The molecule has 0 atom stereocenters. The third-order valence-corrected chi connectivity index (χ3v) is 5.36. The van der Waals surface area contributed by atoms with Gasteiger partial charge in [-0.1, -0.05) is 30.3 Å². The van der Waals surface area contributed by atoms with Gasteiger partial charge in [0.1, 0.15) is 11.6 Å². The number of rotatable bonds is 3. The maximum Gasteiger partial charge on any atom is 0.227 e. The van der Waals surface area contributed by atoms with Gasteiger partial charge in [-0.05, 0) is 31.7 Å². The van der Waals surface area contributed by atoms with Crippen molar-refractivity contribution in [1.82, 2.24) is 14.9 Å². The number of hydrogen-bond acceptors (Lipinski definition) is 4. The van der Waals surface area contributed by atoms with Crippen molar-refractivity contribution in [3.63, 3.8) is 0 Å². The van der Waals surface area contributed by atoms with Gasteiger partial charge < -0.3 is 9.80 Å². The van der Waals surface area contributed by atoms with Crippen molar-refractivity contribution in [3.8, 4) is 0 Å². The van der Waals surface area contributed by atoms with E-state index in [1.54, 1.807) is 0 Å². The Morgan fingerprint density at radius 1 is 1.04 bits per heavy atom. The third-order valence-electron chi connectivity index (χ3n) is 5.36. The topological polar surface area (TPSA) is 49.3 Å². The van der Waals surface area contributed by atoms with Crippen molar-refractivity contribution < 1.29 is 4.79 Å². The summed E-state index contributed by atoms with van der Waals surface area (Å²) in [6, 6.07) is 9.98. The molecule has 5 nitrogen and oxygen atoms in total. The predicted molar refractivity (Wildman–Crippen MR) is 102 cm³/mol. The van der Waals surface area contributed by atoms with Crippen LogP contribution in [0.25, 0.3) is 0 Å². The van der Waals surface area contributed by atoms with E-state index < -0.39 is 0 Å². The number of hydrogen-bond donors (Lipinski definition) is 0. The van der Waals surface area contributed by atoms with Gasteiger partial charge in [-0.2, -0.15) is 0 Å². The number of benzene rings is 1. The first-order chi connectivity index (χ1) is 12.7. The summed E-state index contributed by atoms with van der Waals surface area (Å²) in [5.41, 5.74) is 3.35. The molecular formula is C21H26N4O. The lowest BCUT2D eigenvalue weighted by atomic mass is 10.0. The summed E-state index contributed by atoms with van der Waals surface area (Å²) in [5.74, 6) is 2.09. The molecule has 136 valence electrons. The van der Waals surface area contributed by atoms with Crippen LogP contribution < -0.4 is 4.90 Å². The molecule has 1 aromatic carbocycles. The highest BCUT2D eigenvalue weighted by molar-refractivity contribution is 5.79. The molecule has 0 saturated carbocycles. The fourth-order valence-electron chi connectivity index (χ4n) is 3.98. The maximum atomic E-state index is 12.8. The zero-order chi connectivity index (χ0) is 17.9. The lowest BCUT2D eigenvalue weighted by molar-refractivity contribution is -0.131. The standard InChI is InChI=1S/C21H26N4O/c1-16-22-19-10-13-25(20(26)14-17-8-4-2-5-9-17)15-18(19)21(23-16)24-11-6-3-7-12-24/h2,4-5,8-9H,3,6-7,10-15H2,1H3. The van der Waals surface area contributed by atoms with Crippen LogP contribution in [0.4, 0.5) is 5.82 Å². The number of carbonyl (C=O) groups excluding carboxylic acids is 1. The monoisotopic (exact) mass is 350 g/mol. The second-order valence-corrected chi connectivity index (χ2v) is 7.30. The Labute approximate surface area is 155 Å². The highest BCUT2D eigenvalue weighted by Crippen LogP contribution is 2.29. The van der Waals surface area contributed by atoms with Crippen LogP contribution in [0.3, 0.4) is 0 Å². The van der Waals surface area contributed by atoms with E-state index in [0.717, 1.165) is 54.5 Å². The quantitative estimate of drug-likeness (QED) is 0.854. The summed E-state index contributed by atoms with van der Waals surface area (Å²) in [5, 5.41) is 0. The SMILES string of the molecule is Cc1nc2c(c(N3CCCCC3)n1)CN(C(=O)Cc1ccccc1)CC2. The van der Waals surface area contributed by atoms with Gasteiger partial charge in [0.25, 0.3) is 0 Å². The van der Waals surface area contributed by atoms with E-state index in [9.17, 15) is 4.79 Å². The number of aryl methyl sites for hydroxylation is 1. The van der Waals surface area contributed by atoms with E-state index in [0.29, 0.717) is 13.0 Å². The zero-order valence-corrected chi connectivity index (χ0v) is 15.4. The van der Waals surface area contributed by atoms with E-state index in [1.165, 1.54) is 19.3 Å².